The van der Waals surface area contributed by atoms with Crippen LogP contribution in [-0.2, 0) is 10.0 Å². The van der Waals surface area contributed by atoms with Gasteiger partial charge in [0.1, 0.15) is 11.4 Å². The van der Waals surface area contributed by atoms with Crippen LogP contribution in [0.1, 0.15) is 0 Å². The molecule has 0 saturated heterocycles. The van der Waals surface area contributed by atoms with Gasteiger partial charge in [0.05, 0.1) is 5.02 Å². The summed E-state index contributed by atoms with van der Waals surface area (Å²) >= 11 is 11.1. The van der Waals surface area contributed by atoms with Crippen molar-refractivity contribution in [3.8, 4) is 0 Å². The van der Waals surface area contributed by atoms with Crippen molar-refractivity contribution in [2.24, 2.45) is 0 Å². The molecule has 0 heterocycles. The summed E-state index contributed by atoms with van der Waals surface area (Å²) in [5, 5.41) is -0.135. The van der Waals surface area contributed by atoms with Crippen LogP contribution in [0.5, 0.6) is 0 Å². The van der Waals surface area contributed by atoms with Gasteiger partial charge >= 0.3 is 6.18 Å². The third-order valence-electron chi connectivity index (χ3n) is 2.14. The van der Waals surface area contributed by atoms with Crippen LogP contribution in [0, 0.1) is 0 Å². The highest BCUT2D eigenvalue weighted by molar-refractivity contribution is 7.89. The fraction of sp³-hybridized carbons (Fsp3) is 0.400. The van der Waals surface area contributed by atoms with Crippen LogP contribution in [0.3, 0.4) is 0 Å². The predicted molar refractivity (Wildman–Crippen MR) is 67.0 cm³/mol. The molecule has 9 heteroatoms. The highest BCUT2D eigenvalue weighted by atomic mass is 35.5. The number of rotatable bonds is 5. The summed E-state index contributed by atoms with van der Waals surface area (Å²) in [5.41, 5.74) is 0. The van der Waals surface area contributed by atoms with E-state index >= 15 is 0 Å². The van der Waals surface area contributed by atoms with E-state index in [0.29, 0.717) is 0 Å². The summed E-state index contributed by atoms with van der Waals surface area (Å²) in [6.07, 6.45) is -4.65. The van der Waals surface area contributed by atoms with Crippen LogP contribution in [0.4, 0.5) is 13.2 Å². The molecule has 0 unspecified atom stereocenters. The maximum Gasteiger partial charge on any atom is 0.402 e. The first-order valence-corrected chi connectivity index (χ1v) is 7.41. The van der Waals surface area contributed by atoms with Gasteiger partial charge in [-0.05, 0) is 12.1 Å². The molecule has 0 bridgehead atoms. The zero-order valence-electron chi connectivity index (χ0n) is 9.49. The van der Waals surface area contributed by atoms with E-state index in [1.807, 2.05) is 0 Å². The van der Waals surface area contributed by atoms with Gasteiger partial charge in [-0.3, -0.25) is 0 Å². The van der Waals surface area contributed by atoms with Crippen molar-refractivity contribution in [1.82, 2.24) is 4.31 Å². The van der Waals surface area contributed by atoms with Gasteiger partial charge in [-0.2, -0.15) is 17.5 Å². The lowest BCUT2D eigenvalue weighted by Crippen LogP contribution is -2.40. The van der Waals surface area contributed by atoms with E-state index in [9.17, 15) is 21.6 Å². The molecule has 0 saturated carbocycles. The van der Waals surface area contributed by atoms with Crippen molar-refractivity contribution in [3.63, 3.8) is 0 Å². The average molecular weight is 336 g/mol. The Kier molecular flexibility index (Phi) is 5.49. The normalized spacial score (nSPS) is 12.9. The Morgan fingerprint density at radius 3 is 2.26 bits per heavy atom. The molecular formula is C10H10Cl2F3NO2S. The first-order chi connectivity index (χ1) is 8.68. The van der Waals surface area contributed by atoms with E-state index in [-0.39, 0.29) is 20.1 Å². The Bertz CT molecular complexity index is 534. The number of alkyl halides is 4. The van der Waals surface area contributed by atoms with Crippen LogP contribution in [0.15, 0.2) is 29.2 Å². The van der Waals surface area contributed by atoms with Crippen molar-refractivity contribution in [3.05, 3.63) is 29.3 Å². The molecular weight excluding hydrogens is 326 g/mol. The summed E-state index contributed by atoms with van der Waals surface area (Å²) in [4.78, 5) is -0.369. The number of benzene rings is 1. The molecule has 3 nitrogen and oxygen atoms in total. The Morgan fingerprint density at radius 2 is 1.79 bits per heavy atom. The Balaban J connectivity index is 3.17. The SMILES string of the molecule is O=S(=O)(c1ccccc1Cl)N(CCCl)CC(F)(F)F. The molecule has 1 aromatic rings. The summed E-state index contributed by atoms with van der Waals surface area (Å²) in [6, 6.07) is 5.30. The summed E-state index contributed by atoms with van der Waals surface area (Å²) < 4.78 is 61.7. The molecule has 0 N–H and O–H groups in total. The lowest BCUT2D eigenvalue weighted by molar-refractivity contribution is -0.135. The minimum atomic E-state index is -4.65. The van der Waals surface area contributed by atoms with Crippen LogP contribution in [0.25, 0.3) is 0 Å². The van der Waals surface area contributed by atoms with Crippen molar-refractivity contribution in [1.29, 1.82) is 0 Å². The summed E-state index contributed by atoms with van der Waals surface area (Å²) in [7, 11) is -4.33. The third-order valence-corrected chi connectivity index (χ3v) is 4.66. The van der Waals surface area contributed by atoms with Crippen LogP contribution >= 0.6 is 23.2 Å². The molecule has 0 spiro atoms. The lowest BCUT2D eigenvalue weighted by atomic mass is 10.4. The van der Waals surface area contributed by atoms with Gasteiger partial charge in [0, 0.05) is 12.4 Å². The lowest BCUT2D eigenvalue weighted by Gasteiger charge is -2.22. The molecule has 1 rings (SSSR count). The second-order valence-electron chi connectivity index (χ2n) is 3.57. The number of nitrogens with zero attached hydrogens (tertiary/aromatic N) is 1. The van der Waals surface area contributed by atoms with Crippen molar-refractivity contribution in [2.45, 2.75) is 11.1 Å². The fourth-order valence-electron chi connectivity index (χ4n) is 1.37. The van der Waals surface area contributed by atoms with E-state index in [0.717, 1.165) is 6.07 Å². The highest BCUT2D eigenvalue weighted by Crippen LogP contribution is 2.27. The molecule has 0 aliphatic heterocycles. The van der Waals surface area contributed by atoms with Crippen molar-refractivity contribution < 1.29 is 21.6 Å². The van der Waals surface area contributed by atoms with E-state index in [1.165, 1.54) is 18.2 Å². The van der Waals surface area contributed by atoms with Gasteiger partial charge in [-0.1, -0.05) is 23.7 Å². The number of hydrogen-bond donors (Lipinski definition) is 0. The molecule has 0 aromatic heterocycles. The summed E-state index contributed by atoms with van der Waals surface area (Å²) in [6.45, 7) is -2.05. The number of sulfonamides is 1. The monoisotopic (exact) mass is 335 g/mol. The van der Waals surface area contributed by atoms with Crippen LogP contribution in [0.2, 0.25) is 5.02 Å². The average Bonchev–Trinajstić information content (AvgIpc) is 2.27. The van der Waals surface area contributed by atoms with Gasteiger partial charge in [-0.15, -0.1) is 11.6 Å². The molecule has 0 atom stereocenters. The minimum Gasteiger partial charge on any atom is -0.207 e. The van der Waals surface area contributed by atoms with Crippen molar-refractivity contribution >= 4 is 33.2 Å². The minimum absolute atomic E-state index is 0.135. The van der Waals surface area contributed by atoms with E-state index in [4.69, 9.17) is 23.2 Å². The second kappa shape index (κ2) is 6.30. The van der Waals surface area contributed by atoms with Crippen molar-refractivity contribution in [2.75, 3.05) is 19.0 Å². The molecule has 0 fully saturated rings. The Morgan fingerprint density at radius 1 is 1.21 bits per heavy atom. The largest absolute Gasteiger partial charge is 0.402 e. The maximum absolute atomic E-state index is 12.4. The standard InChI is InChI=1S/C10H10Cl2F3NO2S/c11-5-6-16(7-10(13,14)15)19(17,18)9-4-2-1-3-8(9)12/h1-4H,5-7H2. The van der Waals surface area contributed by atoms with Crippen LogP contribution in [-0.4, -0.2) is 37.9 Å². The van der Waals surface area contributed by atoms with Gasteiger partial charge in [0.25, 0.3) is 0 Å². The topological polar surface area (TPSA) is 37.4 Å². The van der Waals surface area contributed by atoms with Gasteiger partial charge in [-0.25, -0.2) is 8.42 Å². The zero-order chi connectivity index (χ0) is 14.7. The maximum atomic E-state index is 12.4. The number of halogens is 5. The van der Waals surface area contributed by atoms with E-state index < -0.39 is 29.3 Å². The second-order valence-corrected chi connectivity index (χ2v) is 6.26. The Labute approximate surface area is 119 Å². The molecule has 0 radical (unpaired) electrons. The van der Waals surface area contributed by atoms with E-state index in [1.54, 1.807) is 0 Å². The molecule has 19 heavy (non-hydrogen) atoms. The quantitative estimate of drug-likeness (QED) is 0.775. The van der Waals surface area contributed by atoms with Gasteiger partial charge in [0.2, 0.25) is 10.0 Å². The third kappa shape index (κ3) is 4.52. The number of hydrogen-bond acceptors (Lipinski definition) is 2. The molecule has 0 aliphatic rings. The molecule has 1 aromatic carbocycles. The Hall–Kier alpha value is -0.500. The predicted octanol–water partition coefficient (Wildman–Crippen LogP) is 3.13. The molecule has 108 valence electrons. The van der Waals surface area contributed by atoms with Gasteiger partial charge in [0.15, 0.2) is 0 Å². The van der Waals surface area contributed by atoms with Crippen LogP contribution < -0.4 is 0 Å². The molecule has 0 amide bonds. The smallest absolute Gasteiger partial charge is 0.207 e. The first kappa shape index (κ1) is 16.6. The first-order valence-electron chi connectivity index (χ1n) is 5.06. The zero-order valence-corrected chi connectivity index (χ0v) is 11.8. The fourth-order valence-corrected chi connectivity index (χ4v) is 3.60. The van der Waals surface area contributed by atoms with E-state index in [2.05, 4.69) is 0 Å². The van der Waals surface area contributed by atoms with Gasteiger partial charge < -0.3 is 0 Å². The molecule has 0 aliphatic carbocycles. The highest BCUT2D eigenvalue weighted by Gasteiger charge is 2.37. The summed E-state index contributed by atoms with van der Waals surface area (Å²) in [5.74, 6) is -0.250.